The lowest BCUT2D eigenvalue weighted by molar-refractivity contribution is -0.0594. The van der Waals surface area contributed by atoms with Gasteiger partial charge in [0.1, 0.15) is 6.10 Å². The molecule has 4 aliphatic carbocycles. The Balaban J connectivity index is 1.26. The highest BCUT2D eigenvalue weighted by atomic mass is 16.5. The number of carbonyl (C=O) groups excluding carboxylic acids is 1. The van der Waals surface area contributed by atoms with Crippen molar-refractivity contribution in [2.24, 2.45) is 46.3 Å². The zero-order valence-corrected chi connectivity index (χ0v) is 24.9. The number of benzene rings is 1. The summed E-state index contributed by atoms with van der Waals surface area (Å²) in [4.78, 5) is 24.5. The molecular formula is C35H50O4. The molecule has 4 heteroatoms. The van der Waals surface area contributed by atoms with E-state index in [1.54, 1.807) is 18.2 Å². The number of rotatable bonds is 8. The fraction of sp³-hybridized carbons (Fsp3) is 0.714. The van der Waals surface area contributed by atoms with E-state index < -0.39 is 11.9 Å². The van der Waals surface area contributed by atoms with E-state index in [1.807, 2.05) is 0 Å². The Bertz CT molecular complexity index is 1100. The third-order valence-corrected chi connectivity index (χ3v) is 11.9. The lowest BCUT2D eigenvalue weighted by Crippen LogP contribution is -2.51. The van der Waals surface area contributed by atoms with E-state index in [-0.39, 0.29) is 22.6 Å². The van der Waals surface area contributed by atoms with E-state index in [9.17, 15) is 14.7 Å². The van der Waals surface area contributed by atoms with Gasteiger partial charge in [-0.25, -0.2) is 9.59 Å². The lowest BCUT2D eigenvalue weighted by atomic mass is 9.47. The number of carboxylic acid groups (broad SMARTS) is 1. The molecule has 39 heavy (non-hydrogen) atoms. The molecule has 4 aliphatic rings. The summed E-state index contributed by atoms with van der Waals surface area (Å²) in [7, 11) is 0. The minimum absolute atomic E-state index is 0.0113. The molecule has 1 aromatic rings. The van der Waals surface area contributed by atoms with Crippen LogP contribution < -0.4 is 0 Å². The summed E-state index contributed by atoms with van der Waals surface area (Å²) in [6.07, 6.45) is 15.9. The molecule has 5 rings (SSSR count). The number of hydrogen-bond acceptors (Lipinski definition) is 3. The van der Waals surface area contributed by atoms with Crippen LogP contribution in [0.25, 0.3) is 0 Å². The van der Waals surface area contributed by atoms with E-state index in [1.165, 1.54) is 63.0 Å². The third kappa shape index (κ3) is 5.22. The molecule has 0 spiro atoms. The van der Waals surface area contributed by atoms with Crippen LogP contribution >= 0.6 is 0 Å². The number of fused-ring (bicyclic) bond motifs is 5. The van der Waals surface area contributed by atoms with Crippen LogP contribution in [0.15, 0.2) is 35.9 Å². The Morgan fingerprint density at radius 3 is 2.44 bits per heavy atom. The molecule has 0 aromatic heterocycles. The Labute approximate surface area is 236 Å². The Kier molecular flexibility index (Phi) is 8.06. The van der Waals surface area contributed by atoms with Gasteiger partial charge in [0.2, 0.25) is 0 Å². The van der Waals surface area contributed by atoms with E-state index >= 15 is 0 Å². The Hall–Kier alpha value is -2.10. The number of carboxylic acids is 1. The standard InChI is InChI=1S/C35H50O4/c1-22(2)9-8-10-23(3)29-15-16-30-28-14-13-24-21-25(17-19-34(24,4)31(28)18-20-35(29,30)5)39-33(38)27-12-7-6-11-26(27)32(36)37/h6-7,11-13,22-23,25,28-31H,8-10,14-21H2,1-5H3,(H,36,37)/t23-,25+,28-,29+,30-,31-,34-,35+/m0/s1. The Morgan fingerprint density at radius 2 is 1.72 bits per heavy atom. The second-order valence-electron chi connectivity index (χ2n) is 14.4. The lowest BCUT2D eigenvalue weighted by Gasteiger charge is -2.58. The quantitative estimate of drug-likeness (QED) is 0.267. The van der Waals surface area contributed by atoms with Gasteiger partial charge in [0.15, 0.2) is 0 Å². The van der Waals surface area contributed by atoms with E-state index in [4.69, 9.17) is 4.74 Å². The summed E-state index contributed by atoms with van der Waals surface area (Å²) >= 11 is 0. The number of esters is 1. The molecule has 0 amide bonds. The van der Waals surface area contributed by atoms with Gasteiger partial charge in [-0.05, 0) is 103 Å². The van der Waals surface area contributed by atoms with E-state index in [2.05, 4.69) is 40.7 Å². The largest absolute Gasteiger partial charge is 0.478 e. The molecule has 0 saturated heterocycles. The van der Waals surface area contributed by atoms with Crippen LogP contribution in [0.4, 0.5) is 0 Å². The van der Waals surface area contributed by atoms with Gasteiger partial charge in [0.05, 0.1) is 11.1 Å². The van der Waals surface area contributed by atoms with Gasteiger partial charge in [0.25, 0.3) is 0 Å². The van der Waals surface area contributed by atoms with Crippen molar-refractivity contribution in [1.29, 1.82) is 0 Å². The average Bonchev–Trinajstić information content (AvgIpc) is 3.26. The van der Waals surface area contributed by atoms with Crippen molar-refractivity contribution < 1.29 is 19.4 Å². The third-order valence-electron chi connectivity index (χ3n) is 11.9. The minimum atomic E-state index is -1.09. The van der Waals surface area contributed by atoms with E-state index in [0.717, 1.165) is 54.8 Å². The van der Waals surface area contributed by atoms with Crippen molar-refractivity contribution in [2.75, 3.05) is 0 Å². The summed E-state index contributed by atoms with van der Waals surface area (Å²) in [6, 6.07) is 6.37. The first-order valence-electron chi connectivity index (χ1n) is 15.8. The average molecular weight is 535 g/mol. The minimum Gasteiger partial charge on any atom is -0.478 e. The summed E-state index contributed by atoms with van der Waals surface area (Å²) in [5.41, 5.74) is 2.34. The van der Waals surface area contributed by atoms with Crippen molar-refractivity contribution in [3.05, 3.63) is 47.0 Å². The summed E-state index contributed by atoms with van der Waals surface area (Å²) in [5.74, 6) is 3.26. The molecule has 0 heterocycles. The van der Waals surface area contributed by atoms with Crippen molar-refractivity contribution in [1.82, 2.24) is 0 Å². The first-order valence-corrected chi connectivity index (χ1v) is 15.8. The van der Waals surface area contributed by atoms with E-state index in [0.29, 0.717) is 5.41 Å². The zero-order valence-electron chi connectivity index (χ0n) is 24.9. The predicted octanol–water partition coefficient (Wildman–Crippen LogP) is 8.95. The van der Waals surface area contributed by atoms with Crippen LogP contribution in [0.5, 0.6) is 0 Å². The molecule has 0 aliphatic heterocycles. The first kappa shape index (κ1) is 28.4. The molecular weight excluding hydrogens is 484 g/mol. The highest BCUT2D eigenvalue weighted by Crippen LogP contribution is 2.67. The van der Waals surface area contributed by atoms with Gasteiger partial charge in [-0.3, -0.25) is 0 Å². The van der Waals surface area contributed by atoms with Gasteiger partial charge >= 0.3 is 11.9 Å². The molecule has 1 N–H and O–H groups in total. The van der Waals surface area contributed by atoms with Crippen molar-refractivity contribution in [3.63, 3.8) is 0 Å². The second-order valence-corrected chi connectivity index (χ2v) is 14.4. The molecule has 4 nitrogen and oxygen atoms in total. The molecule has 0 radical (unpaired) electrons. The smallest absolute Gasteiger partial charge is 0.339 e. The van der Waals surface area contributed by atoms with Crippen molar-refractivity contribution in [2.45, 2.75) is 111 Å². The number of aromatic carboxylic acids is 1. The van der Waals surface area contributed by atoms with Gasteiger partial charge in [0, 0.05) is 6.42 Å². The number of allylic oxidation sites excluding steroid dienone is 1. The van der Waals surface area contributed by atoms with Crippen LogP contribution in [-0.4, -0.2) is 23.1 Å². The van der Waals surface area contributed by atoms with Crippen LogP contribution in [0.2, 0.25) is 0 Å². The normalized spacial score (nSPS) is 36.4. The Morgan fingerprint density at radius 1 is 0.974 bits per heavy atom. The highest BCUT2D eigenvalue weighted by molar-refractivity contribution is 6.02. The number of carbonyl (C=O) groups is 2. The number of hydrogen-bond donors (Lipinski definition) is 1. The van der Waals surface area contributed by atoms with Crippen LogP contribution in [0.3, 0.4) is 0 Å². The van der Waals surface area contributed by atoms with Gasteiger partial charge in [-0.1, -0.05) is 77.7 Å². The summed E-state index contributed by atoms with van der Waals surface area (Å²) in [5, 5.41) is 9.49. The molecule has 3 saturated carbocycles. The summed E-state index contributed by atoms with van der Waals surface area (Å²) in [6.45, 7) is 12.4. The maximum atomic E-state index is 12.9. The monoisotopic (exact) mass is 534 g/mol. The molecule has 1 aromatic carbocycles. The van der Waals surface area contributed by atoms with Gasteiger partial charge in [-0.15, -0.1) is 0 Å². The topological polar surface area (TPSA) is 63.6 Å². The number of ether oxygens (including phenoxy) is 1. The van der Waals surface area contributed by atoms with Gasteiger partial charge < -0.3 is 9.84 Å². The van der Waals surface area contributed by atoms with Crippen LogP contribution in [0.1, 0.15) is 126 Å². The summed E-state index contributed by atoms with van der Waals surface area (Å²) < 4.78 is 5.93. The zero-order chi connectivity index (χ0) is 27.9. The molecule has 8 atom stereocenters. The van der Waals surface area contributed by atoms with Crippen molar-refractivity contribution in [3.8, 4) is 0 Å². The SMILES string of the molecule is CC(C)CCC[C@H](C)[C@H]1CC[C@H]2[C@@H]3CC=C4C[C@H](OC(=O)c5ccccc5C(=O)O)CC[C@]4(C)[C@H]3CC[C@]12C. The predicted molar refractivity (Wildman–Crippen MR) is 156 cm³/mol. The molecule has 3 fully saturated rings. The molecule has 0 unspecified atom stereocenters. The second kappa shape index (κ2) is 11.1. The van der Waals surface area contributed by atoms with Crippen LogP contribution in [-0.2, 0) is 4.74 Å². The fourth-order valence-electron chi connectivity index (χ4n) is 9.82. The first-order chi connectivity index (χ1) is 18.5. The van der Waals surface area contributed by atoms with Gasteiger partial charge in [-0.2, -0.15) is 0 Å². The van der Waals surface area contributed by atoms with Crippen LogP contribution in [0, 0.1) is 46.3 Å². The molecule has 0 bridgehead atoms. The molecule has 214 valence electrons. The fourth-order valence-corrected chi connectivity index (χ4v) is 9.82. The maximum absolute atomic E-state index is 12.9. The van der Waals surface area contributed by atoms with Crippen molar-refractivity contribution >= 4 is 11.9 Å². The highest BCUT2D eigenvalue weighted by Gasteiger charge is 2.59. The maximum Gasteiger partial charge on any atom is 0.339 e.